The third kappa shape index (κ3) is 7.27. The van der Waals surface area contributed by atoms with Crippen LogP contribution in [0.5, 0.6) is 0 Å². The van der Waals surface area contributed by atoms with Gasteiger partial charge in [0.25, 0.3) is 0 Å². The highest BCUT2D eigenvalue weighted by molar-refractivity contribution is 5.79. The minimum absolute atomic E-state index is 0.420. The molecule has 1 amide bonds. The van der Waals surface area contributed by atoms with Gasteiger partial charge in [-0.3, -0.25) is 9.56 Å². The van der Waals surface area contributed by atoms with Crippen LogP contribution in [0.2, 0.25) is 0 Å². The summed E-state index contributed by atoms with van der Waals surface area (Å²) < 4.78 is 7.36. The molecule has 0 aliphatic heterocycles. The Balaban J connectivity index is 1.98. The molecule has 1 heterocycles. The van der Waals surface area contributed by atoms with Crippen LogP contribution in [-0.2, 0) is 11.3 Å². The molecule has 1 aromatic carbocycles. The number of para-hydroxylation sites is 1. The normalized spacial score (nSPS) is 12.4. The first kappa shape index (κ1) is 24.2. The van der Waals surface area contributed by atoms with Gasteiger partial charge in [-0.25, -0.2) is 4.79 Å². The zero-order chi connectivity index (χ0) is 22.9. The summed E-state index contributed by atoms with van der Waals surface area (Å²) in [4.78, 5) is 16.6. The largest absolute Gasteiger partial charge is 0.444 e. The van der Waals surface area contributed by atoms with E-state index in [1.54, 1.807) is 13.4 Å². The minimum atomic E-state index is -0.545. The van der Waals surface area contributed by atoms with Crippen molar-refractivity contribution in [2.24, 2.45) is 4.99 Å². The number of aromatic nitrogens is 3. The summed E-state index contributed by atoms with van der Waals surface area (Å²) in [6.45, 7) is 10.6. The van der Waals surface area contributed by atoms with E-state index in [0.29, 0.717) is 19.0 Å². The van der Waals surface area contributed by atoms with Gasteiger partial charge in [-0.15, -0.1) is 10.2 Å². The summed E-state index contributed by atoms with van der Waals surface area (Å²) in [6, 6.07) is 9.91. The molecule has 0 fully saturated rings. The molecule has 3 N–H and O–H groups in total. The number of alkyl carbamates (subject to hydrolysis) is 1. The van der Waals surface area contributed by atoms with Crippen molar-refractivity contribution in [3.8, 4) is 5.69 Å². The number of amides is 1. The molecule has 9 heteroatoms. The molecular formula is C22H35N7O2. The van der Waals surface area contributed by atoms with Crippen LogP contribution < -0.4 is 16.0 Å². The number of carbonyl (C=O) groups is 1. The quantitative estimate of drug-likeness (QED) is 0.440. The molecule has 0 saturated heterocycles. The molecule has 1 aromatic heterocycles. The van der Waals surface area contributed by atoms with Crippen LogP contribution >= 0.6 is 0 Å². The van der Waals surface area contributed by atoms with Crippen LogP contribution in [0.1, 0.15) is 53.3 Å². The number of hydrogen-bond acceptors (Lipinski definition) is 5. The number of benzene rings is 1. The molecule has 0 saturated carbocycles. The number of nitrogens with one attached hydrogen (secondary N) is 3. The number of aliphatic imine (C=N–C) groups is 1. The monoisotopic (exact) mass is 429 g/mol. The predicted molar refractivity (Wildman–Crippen MR) is 122 cm³/mol. The van der Waals surface area contributed by atoms with E-state index in [9.17, 15) is 4.79 Å². The lowest BCUT2D eigenvalue weighted by molar-refractivity contribution is 0.0448. The fraction of sp³-hybridized carbons (Fsp3) is 0.545. The van der Waals surface area contributed by atoms with E-state index in [1.807, 2.05) is 69.5 Å². The van der Waals surface area contributed by atoms with Crippen molar-refractivity contribution in [1.82, 2.24) is 30.7 Å². The Morgan fingerprint density at radius 2 is 1.81 bits per heavy atom. The van der Waals surface area contributed by atoms with E-state index < -0.39 is 17.2 Å². The molecule has 170 valence electrons. The van der Waals surface area contributed by atoms with Crippen molar-refractivity contribution in [3.05, 3.63) is 42.5 Å². The molecular weight excluding hydrogens is 394 g/mol. The van der Waals surface area contributed by atoms with E-state index in [0.717, 1.165) is 24.4 Å². The molecule has 0 atom stereocenters. The fourth-order valence-electron chi connectivity index (χ4n) is 3.06. The number of ether oxygens (including phenoxy) is 1. The maximum Gasteiger partial charge on any atom is 0.408 e. The standard InChI is InChI=1S/C22H35N7O2/c1-7-22(8-2,27-20(30)31-21(3,4)5)15-25-19(23-6)24-14-18-28-26-16-29(18)17-12-10-9-11-13-17/h9-13,16H,7-8,14-15H2,1-6H3,(H,27,30)(H2,23,24,25). The summed E-state index contributed by atoms with van der Waals surface area (Å²) in [5.41, 5.74) is -0.00842. The Kier molecular flexibility index (Phi) is 8.41. The van der Waals surface area contributed by atoms with E-state index in [1.165, 1.54) is 0 Å². The van der Waals surface area contributed by atoms with Gasteiger partial charge in [-0.2, -0.15) is 0 Å². The van der Waals surface area contributed by atoms with E-state index in [-0.39, 0.29) is 0 Å². The van der Waals surface area contributed by atoms with Crippen LogP contribution in [0.25, 0.3) is 5.69 Å². The Morgan fingerprint density at radius 1 is 1.13 bits per heavy atom. The van der Waals surface area contributed by atoms with E-state index in [4.69, 9.17) is 4.74 Å². The van der Waals surface area contributed by atoms with Crippen molar-refractivity contribution >= 4 is 12.1 Å². The Morgan fingerprint density at radius 3 is 2.39 bits per heavy atom. The number of guanidine groups is 1. The molecule has 0 unspecified atom stereocenters. The number of carbonyl (C=O) groups excluding carboxylic acids is 1. The molecule has 0 bridgehead atoms. The Hall–Kier alpha value is -3.10. The zero-order valence-corrected chi connectivity index (χ0v) is 19.4. The second-order valence-electron chi connectivity index (χ2n) is 8.35. The van der Waals surface area contributed by atoms with Gasteiger partial charge in [0.15, 0.2) is 11.8 Å². The number of nitrogens with zero attached hydrogens (tertiary/aromatic N) is 4. The topological polar surface area (TPSA) is 105 Å². The first-order chi connectivity index (χ1) is 14.7. The third-order valence-electron chi connectivity index (χ3n) is 5.00. The van der Waals surface area contributed by atoms with Crippen molar-refractivity contribution in [2.45, 2.75) is 65.1 Å². The molecule has 0 aliphatic rings. The minimum Gasteiger partial charge on any atom is -0.444 e. The fourth-order valence-corrected chi connectivity index (χ4v) is 3.06. The smallest absolute Gasteiger partial charge is 0.408 e. The zero-order valence-electron chi connectivity index (χ0n) is 19.4. The maximum absolute atomic E-state index is 12.3. The third-order valence-corrected chi connectivity index (χ3v) is 5.00. The van der Waals surface area contributed by atoms with Gasteiger partial charge in [0.1, 0.15) is 11.9 Å². The Bertz CT molecular complexity index is 852. The predicted octanol–water partition coefficient (Wildman–Crippen LogP) is 3.02. The molecule has 2 rings (SSSR count). The molecule has 9 nitrogen and oxygen atoms in total. The summed E-state index contributed by atoms with van der Waals surface area (Å²) in [7, 11) is 1.71. The van der Waals surface area contributed by atoms with Gasteiger partial charge in [0.2, 0.25) is 0 Å². The van der Waals surface area contributed by atoms with Crippen molar-refractivity contribution < 1.29 is 9.53 Å². The summed E-state index contributed by atoms with van der Waals surface area (Å²) in [6.07, 6.45) is 2.76. The molecule has 2 aromatic rings. The lowest BCUT2D eigenvalue weighted by atomic mass is 9.93. The molecule has 0 aliphatic carbocycles. The van der Waals surface area contributed by atoms with Gasteiger partial charge in [-0.1, -0.05) is 32.0 Å². The summed E-state index contributed by atoms with van der Waals surface area (Å²) >= 11 is 0. The van der Waals surface area contributed by atoms with Crippen molar-refractivity contribution in [2.75, 3.05) is 13.6 Å². The first-order valence-electron chi connectivity index (χ1n) is 10.6. The number of hydrogen-bond donors (Lipinski definition) is 3. The lowest BCUT2D eigenvalue weighted by Crippen LogP contribution is -2.57. The van der Waals surface area contributed by atoms with Crippen LogP contribution in [0, 0.1) is 0 Å². The maximum atomic E-state index is 12.3. The van der Waals surface area contributed by atoms with Crippen LogP contribution in [-0.4, -0.2) is 51.5 Å². The second kappa shape index (κ2) is 10.8. The average molecular weight is 430 g/mol. The van der Waals surface area contributed by atoms with Gasteiger partial charge >= 0.3 is 6.09 Å². The molecule has 31 heavy (non-hydrogen) atoms. The number of rotatable bonds is 8. The van der Waals surface area contributed by atoms with Gasteiger partial charge in [0.05, 0.1) is 12.1 Å². The highest BCUT2D eigenvalue weighted by Gasteiger charge is 2.30. The Labute approximate surface area is 184 Å². The van der Waals surface area contributed by atoms with E-state index >= 15 is 0 Å². The summed E-state index contributed by atoms with van der Waals surface area (Å²) in [5, 5.41) is 17.8. The lowest BCUT2D eigenvalue weighted by Gasteiger charge is -2.34. The van der Waals surface area contributed by atoms with Gasteiger partial charge in [-0.05, 0) is 45.7 Å². The highest BCUT2D eigenvalue weighted by Crippen LogP contribution is 2.16. The van der Waals surface area contributed by atoms with E-state index in [2.05, 4.69) is 31.1 Å². The van der Waals surface area contributed by atoms with Gasteiger partial charge in [0, 0.05) is 19.3 Å². The van der Waals surface area contributed by atoms with Crippen molar-refractivity contribution in [3.63, 3.8) is 0 Å². The SMILES string of the molecule is CCC(CC)(CNC(=NC)NCc1nncn1-c1ccccc1)NC(=O)OC(C)(C)C. The molecule has 0 spiro atoms. The first-order valence-corrected chi connectivity index (χ1v) is 10.6. The van der Waals surface area contributed by atoms with Crippen LogP contribution in [0.4, 0.5) is 4.79 Å². The van der Waals surface area contributed by atoms with Gasteiger partial charge < -0.3 is 20.7 Å². The second-order valence-corrected chi connectivity index (χ2v) is 8.35. The van der Waals surface area contributed by atoms with Crippen LogP contribution in [0.3, 0.4) is 0 Å². The van der Waals surface area contributed by atoms with Crippen LogP contribution in [0.15, 0.2) is 41.7 Å². The summed E-state index contributed by atoms with van der Waals surface area (Å²) in [5.74, 6) is 1.37. The average Bonchev–Trinajstić information content (AvgIpc) is 3.21. The molecule has 0 radical (unpaired) electrons. The highest BCUT2D eigenvalue weighted by atomic mass is 16.6. The van der Waals surface area contributed by atoms with Crippen molar-refractivity contribution in [1.29, 1.82) is 0 Å².